The highest BCUT2D eigenvalue weighted by Crippen LogP contribution is 2.34. The van der Waals surface area contributed by atoms with Crippen molar-refractivity contribution in [3.05, 3.63) is 27.0 Å². The third-order valence-corrected chi connectivity index (χ3v) is 3.47. The van der Waals surface area contributed by atoms with E-state index in [0.717, 1.165) is 10.8 Å². The van der Waals surface area contributed by atoms with Crippen molar-refractivity contribution >= 4 is 0 Å². The molecule has 0 saturated carbocycles. The first-order valence-electron chi connectivity index (χ1n) is 6.07. The number of nitrogens with one attached hydrogen (secondary N) is 1. The quantitative estimate of drug-likeness (QED) is 0.381. The second kappa shape index (κ2) is 5.58. The summed E-state index contributed by atoms with van der Waals surface area (Å²) < 4.78 is 10.8. The summed E-state index contributed by atoms with van der Waals surface area (Å²) in [5.74, 6) is -0.250. The van der Waals surface area contributed by atoms with E-state index in [1.807, 2.05) is 4.98 Å². The minimum atomic E-state index is -2.04. The molecule has 0 radical (unpaired) electrons. The monoisotopic (exact) mass is 304 g/mol. The zero-order chi connectivity index (χ0) is 15.8. The van der Waals surface area contributed by atoms with Gasteiger partial charge >= 0.3 is 5.69 Å². The molecule has 0 bridgehead atoms. The van der Waals surface area contributed by atoms with Gasteiger partial charge in [-0.2, -0.15) is 0 Å². The number of aromatic nitrogens is 2. The van der Waals surface area contributed by atoms with Crippen molar-refractivity contribution in [3.63, 3.8) is 0 Å². The first kappa shape index (κ1) is 15.7. The summed E-state index contributed by atoms with van der Waals surface area (Å²) in [6.45, 7) is -1.51. The third kappa shape index (κ3) is 2.26. The van der Waals surface area contributed by atoms with Gasteiger partial charge in [0.15, 0.2) is 0 Å². The SMILES string of the molecule is COc1cn([C@]2(CO)O[C@H](CO)[C@@H](O)[C@H]2O)c(=O)[nH]c1=O. The van der Waals surface area contributed by atoms with Crippen molar-refractivity contribution in [1.29, 1.82) is 0 Å². The smallest absolute Gasteiger partial charge is 0.331 e. The predicted molar refractivity (Wildman–Crippen MR) is 66.9 cm³/mol. The fraction of sp³-hybridized carbons (Fsp3) is 0.636. The van der Waals surface area contributed by atoms with Gasteiger partial charge in [0.2, 0.25) is 11.5 Å². The van der Waals surface area contributed by atoms with Gasteiger partial charge in [-0.1, -0.05) is 0 Å². The second-order valence-electron chi connectivity index (χ2n) is 4.60. The molecule has 1 aliphatic heterocycles. The van der Waals surface area contributed by atoms with Gasteiger partial charge in [-0.05, 0) is 0 Å². The summed E-state index contributed by atoms with van der Waals surface area (Å²) >= 11 is 0. The highest BCUT2D eigenvalue weighted by molar-refractivity contribution is 5.14. The molecule has 1 aromatic heterocycles. The Labute approximate surface area is 117 Å². The molecule has 2 rings (SSSR count). The van der Waals surface area contributed by atoms with Crippen LogP contribution in [0.1, 0.15) is 0 Å². The molecule has 2 heterocycles. The second-order valence-corrected chi connectivity index (χ2v) is 4.60. The summed E-state index contributed by atoms with van der Waals surface area (Å²) in [6.07, 6.45) is -3.47. The number of aromatic amines is 1. The first-order chi connectivity index (χ1) is 9.91. The largest absolute Gasteiger partial charge is 0.490 e. The van der Waals surface area contributed by atoms with Crippen LogP contribution in [0.5, 0.6) is 5.75 Å². The van der Waals surface area contributed by atoms with E-state index < -0.39 is 48.5 Å². The van der Waals surface area contributed by atoms with Gasteiger partial charge in [-0.3, -0.25) is 14.3 Å². The summed E-state index contributed by atoms with van der Waals surface area (Å²) in [5, 5.41) is 38.5. The van der Waals surface area contributed by atoms with Crippen molar-refractivity contribution in [3.8, 4) is 5.75 Å². The third-order valence-electron chi connectivity index (χ3n) is 3.47. The number of hydrogen-bond acceptors (Lipinski definition) is 8. The lowest BCUT2D eigenvalue weighted by atomic mass is 10.0. The lowest BCUT2D eigenvalue weighted by Gasteiger charge is -2.31. The molecule has 0 unspecified atom stereocenters. The normalized spacial score (nSPS) is 32.3. The van der Waals surface area contributed by atoms with Gasteiger partial charge in [0.05, 0.1) is 26.5 Å². The number of aliphatic hydroxyl groups excluding tert-OH is 4. The number of nitrogens with zero attached hydrogens (tertiary/aromatic N) is 1. The maximum atomic E-state index is 11.9. The Kier molecular flexibility index (Phi) is 4.16. The summed E-state index contributed by atoms with van der Waals surface area (Å²) in [6, 6.07) is 0. The Balaban J connectivity index is 2.62. The van der Waals surface area contributed by atoms with Gasteiger partial charge in [0.25, 0.3) is 5.56 Å². The van der Waals surface area contributed by atoms with E-state index in [9.17, 15) is 24.9 Å². The number of hydrogen-bond donors (Lipinski definition) is 5. The Morgan fingerprint density at radius 1 is 1.43 bits per heavy atom. The summed E-state index contributed by atoms with van der Waals surface area (Å²) in [4.78, 5) is 25.3. The van der Waals surface area contributed by atoms with Crippen LogP contribution in [0, 0.1) is 0 Å². The van der Waals surface area contributed by atoms with Gasteiger partial charge in [0, 0.05) is 0 Å². The van der Waals surface area contributed by atoms with E-state index in [4.69, 9.17) is 14.6 Å². The average Bonchev–Trinajstić information content (AvgIpc) is 2.72. The van der Waals surface area contributed by atoms with Crippen molar-refractivity contribution in [2.45, 2.75) is 24.0 Å². The molecule has 0 aromatic carbocycles. The topological polar surface area (TPSA) is 154 Å². The van der Waals surface area contributed by atoms with E-state index in [1.165, 1.54) is 7.11 Å². The molecule has 0 amide bonds. The molecular formula is C11H16N2O8. The van der Waals surface area contributed by atoms with Crippen LogP contribution >= 0.6 is 0 Å². The number of aliphatic hydroxyl groups is 4. The fourth-order valence-corrected chi connectivity index (χ4v) is 2.30. The zero-order valence-corrected chi connectivity index (χ0v) is 11.1. The van der Waals surface area contributed by atoms with Crippen LogP contribution in [-0.2, 0) is 10.5 Å². The minimum absolute atomic E-state index is 0.250. The minimum Gasteiger partial charge on any atom is -0.490 e. The lowest BCUT2D eigenvalue weighted by Crippen LogP contribution is -2.54. The molecule has 0 aliphatic carbocycles. The van der Waals surface area contributed by atoms with Gasteiger partial charge in [-0.15, -0.1) is 0 Å². The van der Waals surface area contributed by atoms with Crippen molar-refractivity contribution in [1.82, 2.24) is 9.55 Å². The predicted octanol–water partition coefficient (Wildman–Crippen LogP) is -3.70. The zero-order valence-electron chi connectivity index (χ0n) is 11.1. The van der Waals surface area contributed by atoms with Crippen LogP contribution in [0.3, 0.4) is 0 Å². The van der Waals surface area contributed by atoms with E-state index >= 15 is 0 Å². The molecule has 1 fully saturated rings. The molecule has 118 valence electrons. The van der Waals surface area contributed by atoms with Gasteiger partial charge < -0.3 is 29.9 Å². The van der Waals surface area contributed by atoms with Crippen molar-refractivity contribution in [2.75, 3.05) is 20.3 Å². The Morgan fingerprint density at radius 3 is 2.57 bits per heavy atom. The van der Waals surface area contributed by atoms with Crippen LogP contribution in [0.15, 0.2) is 15.8 Å². The van der Waals surface area contributed by atoms with Crippen LogP contribution < -0.4 is 16.0 Å². The van der Waals surface area contributed by atoms with E-state index in [2.05, 4.69) is 0 Å². The highest BCUT2D eigenvalue weighted by Gasteiger charge is 2.55. The van der Waals surface area contributed by atoms with Crippen LogP contribution in [0.25, 0.3) is 0 Å². The molecule has 1 aliphatic rings. The standard InChI is InChI=1S/C11H16N2O8/c1-20-5-2-13(10(19)12-9(5)18)11(4-15)8(17)7(16)6(3-14)21-11/h2,6-8,14-17H,3-4H2,1H3,(H,12,18,19)/t6-,7-,8-,11-/m1/s1. The summed E-state index contributed by atoms with van der Waals surface area (Å²) in [5.41, 5.74) is -3.81. The molecule has 21 heavy (non-hydrogen) atoms. The van der Waals surface area contributed by atoms with Gasteiger partial charge in [0.1, 0.15) is 18.3 Å². The van der Waals surface area contributed by atoms with E-state index in [0.29, 0.717) is 0 Å². The van der Waals surface area contributed by atoms with Crippen LogP contribution in [0.2, 0.25) is 0 Å². The molecule has 1 aromatic rings. The Morgan fingerprint density at radius 2 is 2.10 bits per heavy atom. The van der Waals surface area contributed by atoms with E-state index in [-0.39, 0.29) is 5.75 Å². The number of ether oxygens (including phenoxy) is 2. The Hall–Kier alpha value is -1.72. The number of methoxy groups -OCH3 is 1. The average molecular weight is 304 g/mol. The highest BCUT2D eigenvalue weighted by atomic mass is 16.6. The molecule has 10 heteroatoms. The Bertz CT molecular complexity index is 625. The van der Waals surface area contributed by atoms with E-state index in [1.54, 1.807) is 0 Å². The fourth-order valence-electron chi connectivity index (χ4n) is 2.30. The number of H-pyrrole nitrogens is 1. The summed E-state index contributed by atoms with van der Waals surface area (Å²) in [7, 11) is 1.20. The van der Waals surface area contributed by atoms with Crippen LogP contribution in [0.4, 0.5) is 0 Å². The maximum absolute atomic E-state index is 11.9. The molecule has 0 spiro atoms. The van der Waals surface area contributed by atoms with Gasteiger partial charge in [-0.25, -0.2) is 4.79 Å². The van der Waals surface area contributed by atoms with Crippen LogP contribution in [-0.4, -0.2) is 68.6 Å². The molecule has 10 nitrogen and oxygen atoms in total. The van der Waals surface area contributed by atoms with Crippen molar-refractivity contribution in [2.24, 2.45) is 0 Å². The molecule has 4 atom stereocenters. The molecule has 1 saturated heterocycles. The molecular weight excluding hydrogens is 288 g/mol. The lowest BCUT2D eigenvalue weighted by molar-refractivity contribution is -0.174. The maximum Gasteiger partial charge on any atom is 0.331 e. The van der Waals surface area contributed by atoms with Crippen molar-refractivity contribution < 1.29 is 29.9 Å². The first-order valence-corrected chi connectivity index (χ1v) is 6.07. The number of rotatable bonds is 4. The molecule has 5 N–H and O–H groups in total.